The van der Waals surface area contributed by atoms with Gasteiger partial charge in [0, 0.05) is 107 Å². The molecular weight excluding hydrogens is 1080 g/mol. The first-order valence-electron chi connectivity index (χ1n) is 28.3. The second kappa shape index (κ2) is 23.8. The van der Waals surface area contributed by atoms with E-state index in [0.29, 0.717) is 97.2 Å². The third kappa shape index (κ3) is 9.05. The van der Waals surface area contributed by atoms with E-state index < -0.39 is 18.1 Å². The quantitative estimate of drug-likeness (QED) is 0.0346. The first-order chi connectivity index (χ1) is 40.8. The largest absolute Gasteiger partial charge is 0.493 e. The van der Waals surface area contributed by atoms with Crippen LogP contribution in [0.25, 0.3) is 10.4 Å². The predicted molar refractivity (Wildman–Crippen MR) is 308 cm³/mol. The van der Waals surface area contributed by atoms with Crippen LogP contribution in [0.3, 0.4) is 0 Å². The lowest BCUT2D eigenvalue weighted by atomic mass is 9.71. The van der Waals surface area contributed by atoms with Crippen LogP contribution in [0, 0.1) is 50.4 Å². The second-order valence-electron chi connectivity index (χ2n) is 22.4. The van der Waals surface area contributed by atoms with E-state index >= 15 is 0 Å². The molecule has 4 bridgehead atoms. The summed E-state index contributed by atoms with van der Waals surface area (Å²) in [5.74, 6) is 6.80. The number of aryl methyl sites for hydroxylation is 2. The van der Waals surface area contributed by atoms with Crippen molar-refractivity contribution in [2.45, 2.75) is 114 Å². The smallest absolute Gasteiger partial charge is 0.231 e. The highest BCUT2D eigenvalue weighted by Gasteiger charge is 2.59. The molecule has 22 nitrogen and oxygen atoms in total. The molecule has 0 aromatic heterocycles. The second-order valence-corrected chi connectivity index (χ2v) is 22.4. The van der Waals surface area contributed by atoms with E-state index in [-0.39, 0.29) is 76.0 Å². The minimum absolute atomic E-state index is 0.0421. The maximum Gasteiger partial charge on any atom is 0.231 e. The average molecular weight is 1150 g/mol. The van der Waals surface area contributed by atoms with E-state index in [1.807, 2.05) is 27.7 Å². The van der Waals surface area contributed by atoms with Crippen molar-refractivity contribution in [2.75, 3.05) is 96.0 Å². The summed E-state index contributed by atoms with van der Waals surface area (Å²) in [6.07, 6.45) is 5.95. The fourth-order valence-electron chi connectivity index (χ4n) is 15.3. The van der Waals surface area contributed by atoms with Gasteiger partial charge in [0.05, 0.1) is 44.5 Å². The van der Waals surface area contributed by atoms with E-state index in [0.717, 1.165) is 66.9 Å². The minimum Gasteiger partial charge on any atom is -0.493 e. The Bertz CT molecular complexity index is 3410. The van der Waals surface area contributed by atoms with E-state index in [1.54, 1.807) is 40.6 Å². The molecule has 0 spiro atoms. The maximum absolute atomic E-state index is 10.7. The van der Waals surface area contributed by atoms with Gasteiger partial charge in [0.15, 0.2) is 59.6 Å². The van der Waals surface area contributed by atoms with Crippen molar-refractivity contribution in [3.05, 3.63) is 115 Å². The van der Waals surface area contributed by atoms with Gasteiger partial charge in [-0.05, 0) is 95.3 Å². The molecule has 2 saturated heterocycles. The lowest BCUT2D eigenvalue weighted by Crippen LogP contribution is -2.68. The van der Waals surface area contributed by atoms with Crippen LogP contribution in [-0.2, 0) is 35.2 Å². The molecule has 4 aromatic rings. The number of methoxy groups -OCH3 is 4. The van der Waals surface area contributed by atoms with Crippen LogP contribution < -0.4 is 53.1 Å². The molecule has 10 atom stereocenters. The summed E-state index contributed by atoms with van der Waals surface area (Å²) in [5, 5.41) is 25.5. The maximum atomic E-state index is 10.7. The molecular formula is C62H74N10O12. The van der Waals surface area contributed by atoms with E-state index in [9.17, 15) is 16.1 Å². The van der Waals surface area contributed by atoms with E-state index in [4.69, 9.17) is 62.6 Å². The molecule has 22 heteroatoms. The van der Waals surface area contributed by atoms with Crippen LogP contribution in [-0.4, -0.2) is 152 Å². The Kier molecular flexibility index (Phi) is 16.5. The SMILES string of the molecule is C=CCOc1c(C)c2c(c3c1CC1[C@H]4c5c(cc(C)c(OC)c5OCOC)C[C@@H](C(C#N)N1[C@H]3CN)N4C)OCO2.C=CCOc1c(C)c2c(c3c1CC1[C@H]4c5c(cc(C)c(OC)c5OCOC)C[C@@H](C(C#N)N1[C@H]3CN=[N+]=[N-])N4C)OCO2. The first kappa shape index (κ1) is 58.2. The zero-order chi connectivity index (χ0) is 59.4. The number of hydrogen-bond donors (Lipinski definition) is 1. The minimum atomic E-state index is -0.492. The summed E-state index contributed by atoms with van der Waals surface area (Å²) in [5.41, 5.74) is 27.9. The molecule has 0 amide bonds. The number of hydrogen-bond acceptors (Lipinski definition) is 20. The third-order valence-corrected chi connectivity index (χ3v) is 18.4. The zero-order valence-electron chi connectivity index (χ0n) is 49.5. The van der Waals surface area contributed by atoms with Gasteiger partial charge in [-0.3, -0.25) is 19.6 Å². The molecule has 8 aliphatic rings. The first-order valence-corrected chi connectivity index (χ1v) is 28.3. The summed E-state index contributed by atoms with van der Waals surface area (Å²) >= 11 is 0. The monoisotopic (exact) mass is 1150 g/mol. The molecule has 0 saturated carbocycles. The molecule has 4 aromatic carbocycles. The lowest BCUT2D eigenvalue weighted by molar-refractivity contribution is -0.0719. The summed E-state index contributed by atoms with van der Waals surface area (Å²) in [4.78, 5) is 12.3. The molecule has 0 radical (unpaired) electrons. The van der Waals surface area contributed by atoms with Gasteiger partial charge < -0.3 is 62.6 Å². The number of nitrogens with zero attached hydrogens (tertiary/aromatic N) is 9. The summed E-state index contributed by atoms with van der Waals surface area (Å²) in [6, 6.07) is 7.26. The Labute approximate surface area is 490 Å². The van der Waals surface area contributed by atoms with E-state index in [1.165, 1.54) is 5.56 Å². The van der Waals surface area contributed by atoms with Crippen LogP contribution >= 0.6 is 0 Å². The number of piperazine rings is 2. The number of nitriles is 2. The molecule has 0 aliphatic carbocycles. The molecule has 4 unspecified atom stereocenters. The van der Waals surface area contributed by atoms with Crippen LogP contribution in [0.2, 0.25) is 0 Å². The van der Waals surface area contributed by atoms with Crippen molar-refractivity contribution in [1.29, 1.82) is 10.5 Å². The van der Waals surface area contributed by atoms with Gasteiger partial charge in [0.1, 0.15) is 36.8 Å². The van der Waals surface area contributed by atoms with Crippen molar-refractivity contribution >= 4 is 0 Å². The van der Waals surface area contributed by atoms with Crippen molar-refractivity contribution in [3.63, 3.8) is 0 Å². The fourth-order valence-corrected chi connectivity index (χ4v) is 15.3. The van der Waals surface area contributed by atoms with Crippen molar-refractivity contribution < 1.29 is 56.8 Å². The molecule has 2 N–H and O–H groups in total. The number of fused-ring (bicyclic) bond motifs is 18. The van der Waals surface area contributed by atoms with Crippen LogP contribution in [0.5, 0.6) is 57.5 Å². The highest BCUT2D eigenvalue weighted by atomic mass is 16.7. The third-order valence-electron chi connectivity index (χ3n) is 18.4. The highest BCUT2D eigenvalue weighted by Crippen LogP contribution is 2.61. The Morgan fingerprint density at radius 3 is 1.44 bits per heavy atom. The van der Waals surface area contributed by atoms with Crippen molar-refractivity contribution in [2.24, 2.45) is 10.8 Å². The molecule has 8 aliphatic heterocycles. The predicted octanol–water partition coefficient (Wildman–Crippen LogP) is 7.99. The van der Waals surface area contributed by atoms with Crippen molar-refractivity contribution in [3.8, 4) is 69.6 Å². The number of nitrogens with two attached hydrogens (primary N) is 1. The topological polar surface area (TPSA) is 246 Å². The fraction of sp³-hybridized carbons (Fsp3) is 0.516. The molecule has 12 rings (SSSR count). The normalized spacial score (nSPS) is 25.4. The van der Waals surface area contributed by atoms with Gasteiger partial charge >= 0.3 is 0 Å². The number of likely N-dealkylation sites (N-methyl/N-ethyl adjacent to an activating group) is 2. The average Bonchev–Trinajstić information content (AvgIpc) is 1.15. The molecule has 2 fully saturated rings. The van der Waals surface area contributed by atoms with Crippen LogP contribution in [0.15, 0.2) is 42.6 Å². The number of ether oxygens (including phenoxy) is 12. The van der Waals surface area contributed by atoms with E-state index in [2.05, 4.69) is 81.1 Å². The summed E-state index contributed by atoms with van der Waals surface area (Å²) < 4.78 is 71.5. The standard InChI is InChI=1S/C31H36N6O6.C31H38N4O6/c1-7-8-40-28-17(3)29-31(43-15-42-29)25-19(28)11-21-26-24-18(9-16(2)27(39-6)30(24)41-14-38-5)10-20(36(26)4)22(12-32)37(21)23(25)13-34-35-33;1-7-8-38-28-17(3)29-31(41-15-40-29)25-19(28)11-21-26-24-18(9-16(2)27(37-6)30(24)39-14-36-5)10-20(34(26)4)22(12-32)35(21)23(25)13-33/h7,9,20-23,26H,1,8,10-11,13-15H2,2-6H3;7,9,20-23,26H,1,8,10-11,13-15,33H2,2-6H3/t2*20-,21?,22?,23-,26-/m00/s1. The Balaban J connectivity index is 0.000000176. The zero-order valence-corrected chi connectivity index (χ0v) is 49.5. The highest BCUT2D eigenvalue weighted by molar-refractivity contribution is 5.69. The van der Waals surface area contributed by atoms with Crippen LogP contribution in [0.4, 0.5) is 0 Å². The molecule has 444 valence electrons. The lowest BCUT2D eigenvalue weighted by Gasteiger charge is -2.60. The number of benzene rings is 4. The van der Waals surface area contributed by atoms with Gasteiger partial charge in [-0.25, -0.2) is 0 Å². The Morgan fingerprint density at radius 2 is 1.05 bits per heavy atom. The van der Waals surface area contributed by atoms with Crippen LogP contribution in [0.1, 0.15) is 90.9 Å². The Morgan fingerprint density at radius 1 is 0.619 bits per heavy atom. The summed E-state index contributed by atoms with van der Waals surface area (Å²) in [7, 11) is 10.7. The molecule has 84 heavy (non-hydrogen) atoms. The summed E-state index contributed by atoms with van der Waals surface area (Å²) in [6.45, 7) is 17.1. The van der Waals surface area contributed by atoms with Gasteiger partial charge in [0.25, 0.3) is 0 Å². The Hall–Kier alpha value is -7.63. The van der Waals surface area contributed by atoms with Gasteiger partial charge in [0.2, 0.25) is 13.6 Å². The molecule has 8 heterocycles. The van der Waals surface area contributed by atoms with Gasteiger partial charge in [-0.15, -0.1) is 0 Å². The van der Waals surface area contributed by atoms with Gasteiger partial charge in [-0.2, -0.15) is 10.5 Å². The number of azide groups is 1. The van der Waals surface area contributed by atoms with Gasteiger partial charge in [-0.1, -0.05) is 42.6 Å². The number of rotatable bonds is 17. The van der Waals surface area contributed by atoms with Crippen molar-refractivity contribution in [1.82, 2.24) is 19.6 Å².